The van der Waals surface area contributed by atoms with Crippen molar-refractivity contribution in [3.63, 3.8) is 0 Å². The van der Waals surface area contributed by atoms with Crippen LogP contribution in [0.2, 0.25) is 0 Å². The van der Waals surface area contributed by atoms with Gasteiger partial charge in [0.15, 0.2) is 5.78 Å². The third-order valence-corrected chi connectivity index (χ3v) is 4.66. The van der Waals surface area contributed by atoms with E-state index in [4.69, 9.17) is 0 Å². The molecule has 0 fully saturated rings. The van der Waals surface area contributed by atoms with Gasteiger partial charge in [0, 0.05) is 15.4 Å². The summed E-state index contributed by atoms with van der Waals surface area (Å²) < 4.78 is 0. The topological polar surface area (TPSA) is 17.1 Å². The summed E-state index contributed by atoms with van der Waals surface area (Å²) in [7, 11) is 0. The number of ketones is 1. The van der Waals surface area contributed by atoms with E-state index in [-0.39, 0.29) is 5.78 Å². The van der Waals surface area contributed by atoms with Gasteiger partial charge in [0.25, 0.3) is 0 Å². The Morgan fingerprint density at radius 3 is 1.75 bits per heavy atom. The normalized spacial score (nSPS) is 10.9. The first-order chi connectivity index (χ1) is 11.7. The summed E-state index contributed by atoms with van der Waals surface area (Å²) in [6, 6.07) is 26.5. The van der Waals surface area contributed by atoms with Crippen LogP contribution in [0.3, 0.4) is 0 Å². The lowest BCUT2D eigenvalue weighted by molar-refractivity contribution is 0.101. The lowest BCUT2D eigenvalue weighted by Crippen LogP contribution is -1.90. The molecule has 0 radical (unpaired) electrons. The Hall–Kier alpha value is -2.58. The number of carbonyl (C=O) groups is 1. The molecule has 2 heteroatoms. The molecule has 24 heavy (non-hydrogen) atoms. The van der Waals surface area contributed by atoms with Crippen molar-refractivity contribution in [3.8, 4) is 0 Å². The maximum atomic E-state index is 11.3. The number of rotatable bonds is 5. The van der Waals surface area contributed by atoms with Crippen LogP contribution in [0.15, 0.2) is 88.7 Å². The van der Waals surface area contributed by atoms with Crippen molar-refractivity contribution in [2.45, 2.75) is 16.7 Å². The Morgan fingerprint density at radius 2 is 1.21 bits per heavy atom. The number of hydrogen-bond donors (Lipinski definition) is 0. The third-order valence-electron chi connectivity index (χ3n) is 3.64. The molecule has 0 saturated heterocycles. The zero-order valence-electron chi connectivity index (χ0n) is 13.5. The molecule has 0 aliphatic rings. The second-order valence-electron chi connectivity index (χ2n) is 5.50. The van der Waals surface area contributed by atoms with E-state index in [1.165, 1.54) is 9.79 Å². The summed E-state index contributed by atoms with van der Waals surface area (Å²) >= 11 is 1.76. The van der Waals surface area contributed by atoms with Crippen LogP contribution in [0.5, 0.6) is 0 Å². The molecule has 0 amide bonds. The van der Waals surface area contributed by atoms with Gasteiger partial charge in [-0.05, 0) is 42.3 Å². The molecule has 0 aliphatic carbocycles. The van der Waals surface area contributed by atoms with Crippen molar-refractivity contribution in [2.24, 2.45) is 0 Å². The summed E-state index contributed by atoms with van der Waals surface area (Å²) in [6.45, 7) is 1.58. The molecule has 3 rings (SSSR count). The van der Waals surface area contributed by atoms with Gasteiger partial charge in [0.1, 0.15) is 0 Å². The Bertz CT molecular complexity index is 831. The summed E-state index contributed by atoms with van der Waals surface area (Å²) in [4.78, 5) is 13.7. The van der Waals surface area contributed by atoms with Gasteiger partial charge in [-0.2, -0.15) is 0 Å². The van der Waals surface area contributed by atoms with Crippen LogP contribution in [0.4, 0.5) is 0 Å². The van der Waals surface area contributed by atoms with Crippen molar-refractivity contribution >= 4 is 29.7 Å². The molecule has 0 saturated carbocycles. The summed E-state index contributed by atoms with van der Waals surface area (Å²) in [5, 5.41) is 0. The molecule has 118 valence electrons. The fourth-order valence-corrected chi connectivity index (χ4v) is 3.13. The van der Waals surface area contributed by atoms with E-state index < -0.39 is 0 Å². The zero-order chi connectivity index (χ0) is 16.8. The molecule has 0 aromatic heterocycles. The Labute approximate surface area is 147 Å². The van der Waals surface area contributed by atoms with E-state index in [0.29, 0.717) is 0 Å². The predicted octanol–water partition coefficient (Wildman–Crippen LogP) is 6.21. The van der Waals surface area contributed by atoms with Crippen molar-refractivity contribution in [1.82, 2.24) is 0 Å². The summed E-state index contributed by atoms with van der Waals surface area (Å²) in [5.41, 5.74) is 2.99. The van der Waals surface area contributed by atoms with Crippen molar-refractivity contribution in [2.75, 3.05) is 0 Å². The summed E-state index contributed by atoms with van der Waals surface area (Å²) in [5.74, 6) is 0.0945. The van der Waals surface area contributed by atoms with Crippen LogP contribution in [-0.2, 0) is 0 Å². The van der Waals surface area contributed by atoms with E-state index in [0.717, 1.165) is 16.7 Å². The highest BCUT2D eigenvalue weighted by molar-refractivity contribution is 7.99. The second kappa shape index (κ2) is 7.80. The monoisotopic (exact) mass is 330 g/mol. The molecule has 3 aromatic carbocycles. The van der Waals surface area contributed by atoms with Crippen LogP contribution < -0.4 is 0 Å². The van der Waals surface area contributed by atoms with Gasteiger partial charge in [-0.25, -0.2) is 0 Å². The molecule has 1 nitrogen and oxygen atoms in total. The first-order valence-corrected chi connectivity index (χ1v) is 8.64. The average molecular weight is 330 g/mol. The standard InChI is InChI=1S/C22H18OS/c1-17(23)20-13-9-18(10-14-20)7-8-19-11-15-22(16-12-19)24-21-5-3-2-4-6-21/h2-16H,1H3. The van der Waals surface area contributed by atoms with E-state index in [1.54, 1.807) is 18.7 Å². The number of benzene rings is 3. The molecular formula is C22H18OS. The van der Waals surface area contributed by atoms with E-state index in [2.05, 4.69) is 60.7 Å². The van der Waals surface area contributed by atoms with Crippen LogP contribution in [0, 0.1) is 0 Å². The summed E-state index contributed by atoms with van der Waals surface area (Å²) in [6.07, 6.45) is 4.14. The lowest BCUT2D eigenvalue weighted by atomic mass is 10.1. The van der Waals surface area contributed by atoms with E-state index in [9.17, 15) is 4.79 Å². The minimum Gasteiger partial charge on any atom is -0.295 e. The minimum absolute atomic E-state index is 0.0945. The Morgan fingerprint density at radius 1 is 0.708 bits per heavy atom. The van der Waals surface area contributed by atoms with E-state index in [1.807, 2.05) is 30.3 Å². The molecular weight excluding hydrogens is 312 g/mol. The molecule has 0 heterocycles. The van der Waals surface area contributed by atoms with Crippen molar-refractivity contribution in [3.05, 3.63) is 95.6 Å². The van der Waals surface area contributed by atoms with Crippen molar-refractivity contribution in [1.29, 1.82) is 0 Å². The minimum atomic E-state index is 0.0945. The predicted molar refractivity (Wildman–Crippen MR) is 102 cm³/mol. The third kappa shape index (κ3) is 4.46. The van der Waals surface area contributed by atoms with Crippen LogP contribution >= 0.6 is 11.8 Å². The van der Waals surface area contributed by atoms with Gasteiger partial charge in [0.05, 0.1) is 0 Å². The number of hydrogen-bond acceptors (Lipinski definition) is 2. The smallest absolute Gasteiger partial charge is 0.159 e. The average Bonchev–Trinajstić information content (AvgIpc) is 2.62. The zero-order valence-corrected chi connectivity index (χ0v) is 14.3. The molecule has 0 spiro atoms. The Balaban J connectivity index is 1.66. The number of carbonyl (C=O) groups excluding carboxylic acids is 1. The largest absolute Gasteiger partial charge is 0.295 e. The quantitative estimate of drug-likeness (QED) is 0.408. The molecule has 0 atom stereocenters. The van der Waals surface area contributed by atoms with Gasteiger partial charge >= 0.3 is 0 Å². The first kappa shape index (κ1) is 16.3. The van der Waals surface area contributed by atoms with E-state index >= 15 is 0 Å². The Kier molecular flexibility index (Phi) is 5.29. The molecule has 0 aliphatic heterocycles. The van der Waals surface area contributed by atoms with Crippen LogP contribution in [0.1, 0.15) is 28.4 Å². The lowest BCUT2D eigenvalue weighted by Gasteiger charge is -2.02. The van der Waals surface area contributed by atoms with Crippen molar-refractivity contribution < 1.29 is 4.79 Å². The van der Waals surface area contributed by atoms with Gasteiger partial charge in [-0.3, -0.25) is 4.79 Å². The SMILES string of the molecule is CC(=O)c1ccc(C=Cc2ccc(Sc3ccccc3)cc2)cc1. The highest BCUT2D eigenvalue weighted by Gasteiger charge is 1.98. The highest BCUT2D eigenvalue weighted by Crippen LogP contribution is 2.27. The molecule has 3 aromatic rings. The molecule has 0 unspecified atom stereocenters. The van der Waals surface area contributed by atoms with Gasteiger partial charge in [0.2, 0.25) is 0 Å². The van der Waals surface area contributed by atoms with Crippen LogP contribution in [-0.4, -0.2) is 5.78 Å². The molecule has 0 N–H and O–H groups in total. The van der Waals surface area contributed by atoms with Gasteiger partial charge in [-0.15, -0.1) is 0 Å². The second-order valence-corrected chi connectivity index (χ2v) is 6.64. The highest BCUT2D eigenvalue weighted by atomic mass is 32.2. The van der Waals surface area contributed by atoms with Gasteiger partial charge in [-0.1, -0.05) is 78.5 Å². The van der Waals surface area contributed by atoms with Gasteiger partial charge < -0.3 is 0 Å². The van der Waals surface area contributed by atoms with Crippen LogP contribution in [0.25, 0.3) is 12.2 Å². The fourth-order valence-electron chi connectivity index (χ4n) is 2.29. The maximum absolute atomic E-state index is 11.3. The molecule has 0 bridgehead atoms. The number of Topliss-reactive ketones (excluding diaryl/α,β-unsaturated/α-hetero) is 1. The maximum Gasteiger partial charge on any atom is 0.159 e. The fraction of sp³-hybridized carbons (Fsp3) is 0.0455. The first-order valence-electron chi connectivity index (χ1n) is 7.83.